The molecule has 1 aliphatic carbocycles. The van der Waals surface area contributed by atoms with E-state index in [1.165, 1.54) is 54.9 Å². The van der Waals surface area contributed by atoms with Crippen LogP contribution in [0.15, 0.2) is 261 Å². The maximum Gasteiger partial charge on any atom is 0.0540 e. The van der Waals surface area contributed by atoms with Crippen molar-refractivity contribution in [2.45, 2.75) is 12.8 Å². The lowest BCUT2D eigenvalue weighted by Gasteiger charge is -2.28. The minimum Gasteiger partial charge on any atom is -0.311 e. The highest BCUT2D eigenvalue weighted by atomic mass is 15.1. The molecule has 0 heterocycles. The highest BCUT2D eigenvalue weighted by Gasteiger charge is 2.20. The monoisotopic (exact) mass is 832 g/mol. The quantitative estimate of drug-likeness (QED) is 0.135. The molecule has 2 nitrogen and oxygen atoms in total. The Kier molecular flexibility index (Phi) is 10.7. The maximum absolute atomic E-state index is 2.39. The number of hydrogen-bond donors (Lipinski definition) is 0. The lowest BCUT2D eigenvalue weighted by molar-refractivity contribution is 0.635. The Morgan fingerprint density at radius 2 is 0.769 bits per heavy atom. The first kappa shape index (κ1) is 39.6. The van der Waals surface area contributed by atoms with Gasteiger partial charge in [-0.1, -0.05) is 195 Å². The van der Waals surface area contributed by atoms with Gasteiger partial charge in [0.1, 0.15) is 0 Å². The van der Waals surface area contributed by atoms with Crippen molar-refractivity contribution in [3.63, 3.8) is 0 Å². The third-order valence-electron chi connectivity index (χ3n) is 13.0. The average Bonchev–Trinajstić information content (AvgIpc) is 3.38. The molecule has 1 aliphatic rings. The predicted molar refractivity (Wildman–Crippen MR) is 277 cm³/mol. The first-order valence-electron chi connectivity index (χ1n) is 22.6. The van der Waals surface area contributed by atoms with Gasteiger partial charge in [0.25, 0.3) is 0 Å². The molecule has 0 saturated heterocycles. The van der Waals surface area contributed by atoms with Crippen LogP contribution in [0.2, 0.25) is 0 Å². The number of fused-ring (bicyclic) bond motifs is 2. The van der Waals surface area contributed by atoms with Crippen LogP contribution in [0, 0.1) is 5.92 Å². The van der Waals surface area contributed by atoms with E-state index in [1.807, 2.05) is 0 Å². The summed E-state index contributed by atoms with van der Waals surface area (Å²) in [6.07, 6.45) is 8.94. The summed E-state index contributed by atoms with van der Waals surface area (Å²) in [6.45, 7) is 2.29. The zero-order valence-electron chi connectivity index (χ0n) is 36.4. The Morgan fingerprint density at radius 1 is 0.308 bits per heavy atom. The molecule has 0 bridgehead atoms. The lowest BCUT2D eigenvalue weighted by Crippen LogP contribution is -2.11. The van der Waals surface area contributed by atoms with Gasteiger partial charge in [-0.05, 0) is 134 Å². The molecule has 11 rings (SSSR count). The molecular formula is C63H48N2. The summed E-state index contributed by atoms with van der Waals surface area (Å²) in [7, 11) is 0. The van der Waals surface area contributed by atoms with E-state index in [-0.39, 0.29) is 0 Å². The zero-order valence-corrected chi connectivity index (χ0v) is 36.4. The van der Waals surface area contributed by atoms with Gasteiger partial charge in [0.15, 0.2) is 0 Å². The Balaban J connectivity index is 0.926. The highest BCUT2D eigenvalue weighted by molar-refractivity contribution is 6.00. The van der Waals surface area contributed by atoms with E-state index in [4.69, 9.17) is 0 Å². The third-order valence-corrected chi connectivity index (χ3v) is 13.0. The average molecular weight is 833 g/mol. The summed E-state index contributed by atoms with van der Waals surface area (Å²) in [5.74, 6) is 0.822. The van der Waals surface area contributed by atoms with Crippen LogP contribution in [0.5, 0.6) is 0 Å². The Bertz CT molecular complexity index is 3300. The van der Waals surface area contributed by atoms with Crippen LogP contribution in [-0.2, 0) is 0 Å². The first-order valence-corrected chi connectivity index (χ1v) is 22.6. The van der Waals surface area contributed by atoms with Crippen LogP contribution >= 0.6 is 0 Å². The van der Waals surface area contributed by atoms with Crippen molar-refractivity contribution in [2.75, 3.05) is 9.80 Å². The van der Waals surface area contributed by atoms with Gasteiger partial charge in [-0.15, -0.1) is 0 Å². The fraction of sp³-hybridized carbons (Fsp3) is 0.0476. The third kappa shape index (κ3) is 8.03. The molecule has 0 spiro atoms. The smallest absolute Gasteiger partial charge is 0.0540 e. The van der Waals surface area contributed by atoms with Gasteiger partial charge < -0.3 is 9.80 Å². The largest absolute Gasteiger partial charge is 0.311 e. The second kappa shape index (κ2) is 17.5. The van der Waals surface area contributed by atoms with E-state index in [1.54, 1.807) is 0 Å². The minimum atomic E-state index is 0.366. The molecule has 0 radical (unpaired) electrons. The summed E-state index contributed by atoms with van der Waals surface area (Å²) in [6, 6.07) is 86.1. The Labute approximate surface area is 382 Å². The molecule has 2 atom stereocenters. The van der Waals surface area contributed by atoms with Crippen LogP contribution in [0.3, 0.4) is 0 Å². The number of anilines is 6. The fourth-order valence-electron chi connectivity index (χ4n) is 9.49. The van der Waals surface area contributed by atoms with Crippen molar-refractivity contribution in [2.24, 2.45) is 5.92 Å². The van der Waals surface area contributed by atoms with E-state index >= 15 is 0 Å². The number of allylic oxidation sites excluding steroid dienone is 4. The van der Waals surface area contributed by atoms with Crippen molar-refractivity contribution in [1.82, 2.24) is 0 Å². The van der Waals surface area contributed by atoms with Crippen LogP contribution in [0.25, 0.3) is 54.9 Å². The van der Waals surface area contributed by atoms with Gasteiger partial charge >= 0.3 is 0 Å². The highest BCUT2D eigenvalue weighted by Crippen LogP contribution is 2.42. The molecule has 0 aliphatic heterocycles. The van der Waals surface area contributed by atoms with Gasteiger partial charge in [0, 0.05) is 39.7 Å². The van der Waals surface area contributed by atoms with Gasteiger partial charge in [-0.25, -0.2) is 0 Å². The molecule has 2 unspecified atom stereocenters. The normalized spacial score (nSPS) is 14.4. The fourth-order valence-corrected chi connectivity index (χ4v) is 9.49. The van der Waals surface area contributed by atoms with E-state index in [0.29, 0.717) is 11.8 Å². The van der Waals surface area contributed by atoms with Gasteiger partial charge in [0.05, 0.1) is 5.69 Å². The zero-order chi connectivity index (χ0) is 43.5. The van der Waals surface area contributed by atoms with Crippen LogP contribution < -0.4 is 9.80 Å². The van der Waals surface area contributed by atoms with Gasteiger partial charge in [-0.3, -0.25) is 0 Å². The molecule has 2 heteroatoms. The molecule has 10 aromatic rings. The summed E-state index contributed by atoms with van der Waals surface area (Å²) in [5, 5.41) is 4.88. The molecule has 0 aromatic heterocycles. The standard InChI is InChI=1S/C63H48N2/c1-45-13-5-9-22-61(45)52-32-40-58(41-33-52)64(57-36-29-50(30-37-57)54-21-11-20-53(43-54)46-14-3-2-4-15-46)56-34-25-48(26-35-56)49-27-38-59(39-28-49)65(60-42-31-47-16-6-7-18-55(47)44-60)63-24-12-19-51-17-8-10-23-62(51)63/h2-45,61H,1H3. The van der Waals surface area contributed by atoms with E-state index in [0.717, 1.165) is 39.7 Å². The summed E-state index contributed by atoms with van der Waals surface area (Å²) < 4.78 is 0. The van der Waals surface area contributed by atoms with Gasteiger partial charge in [-0.2, -0.15) is 0 Å². The van der Waals surface area contributed by atoms with E-state index < -0.39 is 0 Å². The first-order chi connectivity index (χ1) is 32.1. The predicted octanol–water partition coefficient (Wildman–Crippen LogP) is 17.8. The molecule has 10 aromatic carbocycles. The van der Waals surface area contributed by atoms with E-state index in [9.17, 15) is 0 Å². The number of hydrogen-bond acceptors (Lipinski definition) is 2. The molecule has 310 valence electrons. The van der Waals surface area contributed by atoms with Crippen molar-refractivity contribution in [1.29, 1.82) is 0 Å². The molecule has 0 N–H and O–H groups in total. The second-order valence-electron chi connectivity index (χ2n) is 17.0. The summed E-state index contributed by atoms with van der Waals surface area (Å²) in [5.41, 5.74) is 15.2. The topological polar surface area (TPSA) is 6.48 Å². The molecule has 0 fully saturated rings. The Hall–Kier alpha value is -8.20. The Morgan fingerprint density at radius 3 is 1.42 bits per heavy atom. The summed E-state index contributed by atoms with van der Waals surface area (Å²) >= 11 is 0. The second-order valence-corrected chi connectivity index (χ2v) is 17.0. The van der Waals surface area contributed by atoms with Crippen molar-refractivity contribution in [3.05, 3.63) is 266 Å². The van der Waals surface area contributed by atoms with E-state index in [2.05, 4.69) is 278 Å². The molecular weight excluding hydrogens is 785 g/mol. The van der Waals surface area contributed by atoms with Crippen molar-refractivity contribution in [3.8, 4) is 33.4 Å². The SMILES string of the molecule is CC1C=CC=CC1c1ccc(N(c2ccc(-c3ccc(N(c4ccc5ccccc5c4)c4cccc5ccccc45)cc3)cc2)c2ccc(-c3cccc(-c4ccccc4)c3)cc2)cc1. The molecule has 65 heavy (non-hydrogen) atoms. The number of nitrogens with zero attached hydrogens (tertiary/aromatic N) is 2. The van der Waals surface area contributed by atoms with Crippen molar-refractivity contribution < 1.29 is 0 Å². The molecule has 0 saturated carbocycles. The summed E-state index contributed by atoms with van der Waals surface area (Å²) in [4.78, 5) is 4.75. The maximum atomic E-state index is 2.39. The lowest BCUT2D eigenvalue weighted by atomic mass is 9.84. The van der Waals surface area contributed by atoms with Crippen molar-refractivity contribution >= 4 is 55.7 Å². The van der Waals surface area contributed by atoms with Crippen LogP contribution in [0.4, 0.5) is 34.1 Å². The van der Waals surface area contributed by atoms with Crippen LogP contribution in [0.1, 0.15) is 18.4 Å². The van der Waals surface area contributed by atoms with Gasteiger partial charge in [0.2, 0.25) is 0 Å². The minimum absolute atomic E-state index is 0.366. The van der Waals surface area contributed by atoms with Crippen LogP contribution in [-0.4, -0.2) is 0 Å². The number of rotatable bonds is 10. The molecule has 0 amide bonds. The number of benzene rings is 10.